The number of aliphatic imine (C=N–C) groups is 1. The molecule has 0 radical (unpaired) electrons. The van der Waals surface area contributed by atoms with Crippen LogP contribution < -0.4 is 15.4 Å². The molecule has 6 nitrogen and oxygen atoms in total. The molecule has 1 fully saturated rings. The van der Waals surface area contributed by atoms with Crippen molar-refractivity contribution in [3.8, 4) is 5.75 Å². The van der Waals surface area contributed by atoms with E-state index in [2.05, 4.69) is 39.3 Å². The van der Waals surface area contributed by atoms with Crippen LogP contribution in [0.4, 0.5) is 4.39 Å². The summed E-state index contributed by atoms with van der Waals surface area (Å²) in [5.41, 5.74) is 0. The number of benzene rings is 1. The van der Waals surface area contributed by atoms with E-state index in [4.69, 9.17) is 4.74 Å². The van der Waals surface area contributed by atoms with E-state index in [1.54, 1.807) is 25.2 Å². The normalized spacial score (nSPS) is 17.9. The third kappa shape index (κ3) is 9.48. The van der Waals surface area contributed by atoms with Crippen molar-refractivity contribution in [3.63, 3.8) is 0 Å². The molecule has 2 unspecified atom stereocenters. The summed E-state index contributed by atoms with van der Waals surface area (Å²) in [6, 6.07) is 6.46. The number of piperazine rings is 1. The number of para-hydroxylation sites is 1. The maximum absolute atomic E-state index is 13.7. The number of hydrogen-bond acceptors (Lipinski definition) is 4. The van der Waals surface area contributed by atoms with Crippen LogP contribution in [0, 0.1) is 11.7 Å². The fourth-order valence-corrected chi connectivity index (χ4v) is 3.32. The number of nitrogens with zero attached hydrogens (tertiary/aromatic N) is 3. The number of guanidine groups is 1. The van der Waals surface area contributed by atoms with Crippen molar-refractivity contribution in [3.05, 3.63) is 30.1 Å². The van der Waals surface area contributed by atoms with E-state index in [0.29, 0.717) is 12.5 Å². The van der Waals surface area contributed by atoms with Gasteiger partial charge in [0.25, 0.3) is 0 Å². The highest BCUT2D eigenvalue weighted by molar-refractivity contribution is 14.0. The average molecular weight is 521 g/mol. The van der Waals surface area contributed by atoms with Crippen LogP contribution in [-0.2, 0) is 0 Å². The lowest BCUT2D eigenvalue weighted by molar-refractivity contribution is 0.124. The van der Waals surface area contributed by atoms with Crippen molar-refractivity contribution in [2.45, 2.75) is 26.9 Å². The van der Waals surface area contributed by atoms with Crippen LogP contribution in [0.5, 0.6) is 5.75 Å². The standard InChI is InChI=1S/C21H36FN5O.HI/c1-5-26-10-12-27(13-11-26)16-17(2)14-24-21(23-4)25-15-18(3)28-20-9-7-6-8-19(20)22;/h6-9,17-18H,5,10-16H2,1-4H3,(H2,23,24,25);1H. The predicted molar refractivity (Wildman–Crippen MR) is 129 cm³/mol. The summed E-state index contributed by atoms with van der Waals surface area (Å²) in [4.78, 5) is 9.31. The number of likely N-dealkylation sites (N-methyl/N-ethyl adjacent to an activating group) is 1. The van der Waals surface area contributed by atoms with E-state index in [9.17, 15) is 4.39 Å². The van der Waals surface area contributed by atoms with Crippen molar-refractivity contribution >= 4 is 29.9 Å². The van der Waals surface area contributed by atoms with Crippen molar-refractivity contribution < 1.29 is 9.13 Å². The summed E-state index contributed by atoms with van der Waals surface area (Å²) in [6.07, 6.45) is -0.178. The van der Waals surface area contributed by atoms with Crippen LogP contribution in [0.3, 0.4) is 0 Å². The molecule has 1 aromatic carbocycles. The zero-order valence-corrected chi connectivity index (χ0v) is 20.5. The molecule has 0 saturated carbocycles. The predicted octanol–water partition coefficient (Wildman–Crippen LogP) is 2.65. The molecule has 8 heteroatoms. The molecule has 0 amide bonds. The molecule has 0 spiro atoms. The van der Waals surface area contributed by atoms with E-state index in [-0.39, 0.29) is 41.6 Å². The zero-order chi connectivity index (χ0) is 20.4. The largest absolute Gasteiger partial charge is 0.486 e. The maximum atomic E-state index is 13.7. The summed E-state index contributed by atoms with van der Waals surface area (Å²) < 4.78 is 19.3. The van der Waals surface area contributed by atoms with Gasteiger partial charge in [0.15, 0.2) is 17.5 Å². The summed E-state index contributed by atoms with van der Waals surface area (Å²) in [6.45, 7) is 14.7. The number of rotatable bonds is 9. The Hall–Kier alpha value is -1.13. The smallest absolute Gasteiger partial charge is 0.191 e. The van der Waals surface area contributed by atoms with Gasteiger partial charge in [0.05, 0.1) is 6.54 Å². The molecular weight excluding hydrogens is 484 g/mol. The topological polar surface area (TPSA) is 52.1 Å². The number of halogens is 2. The Morgan fingerprint density at radius 2 is 1.72 bits per heavy atom. The molecule has 29 heavy (non-hydrogen) atoms. The number of nitrogens with one attached hydrogen (secondary N) is 2. The molecule has 1 saturated heterocycles. The van der Waals surface area contributed by atoms with Gasteiger partial charge < -0.3 is 25.2 Å². The third-order valence-corrected chi connectivity index (χ3v) is 5.05. The van der Waals surface area contributed by atoms with Crippen LogP contribution >= 0.6 is 24.0 Å². The van der Waals surface area contributed by atoms with Gasteiger partial charge in [-0.1, -0.05) is 26.0 Å². The van der Waals surface area contributed by atoms with E-state index in [1.165, 1.54) is 19.2 Å². The van der Waals surface area contributed by atoms with E-state index < -0.39 is 0 Å². The van der Waals surface area contributed by atoms with Crippen LogP contribution in [0.2, 0.25) is 0 Å². The molecule has 2 rings (SSSR count). The van der Waals surface area contributed by atoms with Gasteiger partial charge in [-0.2, -0.15) is 0 Å². The second-order valence-electron chi connectivity index (χ2n) is 7.53. The minimum absolute atomic E-state index is 0. The highest BCUT2D eigenvalue weighted by Gasteiger charge is 2.17. The molecule has 0 bridgehead atoms. The number of ether oxygens (including phenoxy) is 1. The van der Waals surface area contributed by atoms with Crippen LogP contribution in [-0.4, -0.2) is 81.3 Å². The monoisotopic (exact) mass is 521 g/mol. The first-order valence-corrected chi connectivity index (χ1v) is 10.3. The summed E-state index contributed by atoms with van der Waals surface area (Å²) in [5.74, 6) is 1.20. The lowest BCUT2D eigenvalue weighted by Crippen LogP contribution is -2.49. The highest BCUT2D eigenvalue weighted by atomic mass is 127. The highest BCUT2D eigenvalue weighted by Crippen LogP contribution is 2.16. The van der Waals surface area contributed by atoms with Crippen molar-refractivity contribution in [2.24, 2.45) is 10.9 Å². The molecule has 166 valence electrons. The first-order chi connectivity index (χ1) is 13.5. The molecular formula is C21H37FIN5O. The van der Waals surface area contributed by atoms with E-state index >= 15 is 0 Å². The molecule has 2 atom stereocenters. The summed E-state index contributed by atoms with van der Waals surface area (Å²) in [5, 5.41) is 6.63. The lowest BCUT2D eigenvalue weighted by Gasteiger charge is -2.35. The van der Waals surface area contributed by atoms with Gasteiger partial charge in [-0.25, -0.2) is 4.39 Å². The van der Waals surface area contributed by atoms with Crippen LogP contribution in [0.1, 0.15) is 20.8 Å². The van der Waals surface area contributed by atoms with Crippen molar-refractivity contribution in [1.82, 2.24) is 20.4 Å². The van der Waals surface area contributed by atoms with E-state index in [0.717, 1.165) is 38.7 Å². The quantitative estimate of drug-likeness (QED) is 0.298. The first kappa shape index (κ1) is 25.9. The molecule has 2 N–H and O–H groups in total. The van der Waals surface area contributed by atoms with Crippen molar-refractivity contribution in [2.75, 3.05) is 59.4 Å². The maximum Gasteiger partial charge on any atom is 0.191 e. The van der Waals surface area contributed by atoms with Gasteiger partial charge in [0.1, 0.15) is 6.10 Å². The minimum atomic E-state index is -0.342. The van der Waals surface area contributed by atoms with Gasteiger partial charge in [-0.3, -0.25) is 4.99 Å². The Morgan fingerprint density at radius 1 is 1.10 bits per heavy atom. The van der Waals surface area contributed by atoms with Crippen LogP contribution in [0.25, 0.3) is 0 Å². The molecule has 0 aromatic heterocycles. The van der Waals surface area contributed by atoms with Gasteiger partial charge in [-0.05, 0) is 31.5 Å². The minimum Gasteiger partial charge on any atom is -0.486 e. The van der Waals surface area contributed by atoms with Crippen molar-refractivity contribution in [1.29, 1.82) is 0 Å². The van der Waals surface area contributed by atoms with Gasteiger partial charge in [0, 0.05) is 46.3 Å². The van der Waals surface area contributed by atoms with E-state index in [1.807, 2.05) is 6.92 Å². The average Bonchev–Trinajstić information content (AvgIpc) is 2.70. The second kappa shape index (κ2) is 14.0. The zero-order valence-electron chi connectivity index (χ0n) is 18.2. The van der Waals surface area contributed by atoms with Gasteiger partial charge >= 0.3 is 0 Å². The Morgan fingerprint density at radius 3 is 2.34 bits per heavy atom. The Labute approximate surface area is 192 Å². The third-order valence-electron chi connectivity index (χ3n) is 5.05. The Kier molecular flexibility index (Phi) is 12.5. The fraction of sp³-hybridized carbons (Fsp3) is 0.667. The molecule has 1 aliphatic rings. The summed E-state index contributed by atoms with van der Waals surface area (Å²) >= 11 is 0. The Balaban J connectivity index is 0.00000420. The van der Waals surface area contributed by atoms with Gasteiger partial charge in [-0.15, -0.1) is 24.0 Å². The van der Waals surface area contributed by atoms with Crippen LogP contribution in [0.15, 0.2) is 29.3 Å². The van der Waals surface area contributed by atoms with Gasteiger partial charge in [0.2, 0.25) is 0 Å². The number of hydrogen-bond donors (Lipinski definition) is 2. The lowest BCUT2D eigenvalue weighted by atomic mass is 10.1. The molecule has 1 aliphatic heterocycles. The molecule has 0 aliphatic carbocycles. The first-order valence-electron chi connectivity index (χ1n) is 10.3. The fourth-order valence-electron chi connectivity index (χ4n) is 3.32. The molecule has 1 aromatic rings. The second-order valence-corrected chi connectivity index (χ2v) is 7.53. The molecule has 1 heterocycles. The summed E-state index contributed by atoms with van der Waals surface area (Å²) in [7, 11) is 1.76. The Bertz CT molecular complexity index is 610. The SMILES string of the molecule is CCN1CCN(CC(C)CNC(=NC)NCC(C)Oc2ccccc2F)CC1.I.